The Bertz CT molecular complexity index is 535. The first kappa shape index (κ1) is 17.1. The summed E-state index contributed by atoms with van der Waals surface area (Å²) in [6, 6.07) is 6.36. The minimum Gasteiger partial charge on any atom is -0.330 e. The molecule has 114 valence electrons. The van der Waals surface area contributed by atoms with Crippen LogP contribution in [0.4, 0.5) is 4.39 Å². The van der Waals surface area contributed by atoms with Crippen LogP contribution in [0.3, 0.4) is 0 Å². The van der Waals surface area contributed by atoms with Gasteiger partial charge in [-0.05, 0) is 63.8 Å². The number of nitrogens with two attached hydrogens (primary N) is 1. The molecule has 2 N–H and O–H groups in total. The minimum atomic E-state index is -3.13. The minimum absolute atomic E-state index is 0.0499. The van der Waals surface area contributed by atoms with Gasteiger partial charge in [-0.25, -0.2) is 12.8 Å². The number of sulfone groups is 1. The van der Waals surface area contributed by atoms with Gasteiger partial charge in [-0.3, -0.25) is 0 Å². The molecule has 0 heterocycles. The molecule has 0 aromatic heterocycles. The second kappa shape index (κ2) is 6.68. The van der Waals surface area contributed by atoms with Crippen molar-refractivity contribution in [2.45, 2.75) is 38.4 Å². The highest BCUT2D eigenvalue weighted by Crippen LogP contribution is 2.20. The molecule has 1 aromatic carbocycles. The second-order valence-corrected chi connectivity index (χ2v) is 9.02. The lowest BCUT2D eigenvalue weighted by molar-refractivity contribution is 0.501. The van der Waals surface area contributed by atoms with Crippen molar-refractivity contribution in [3.63, 3.8) is 0 Å². The first-order chi connectivity index (χ1) is 9.15. The third-order valence-corrected chi connectivity index (χ3v) is 6.11. The van der Waals surface area contributed by atoms with Crippen LogP contribution in [0.5, 0.6) is 0 Å². The predicted octanol–water partition coefficient (Wildman–Crippen LogP) is 2.55. The lowest BCUT2D eigenvalue weighted by Gasteiger charge is -2.21. The summed E-state index contributed by atoms with van der Waals surface area (Å²) in [6.07, 6.45) is 1.11. The van der Waals surface area contributed by atoms with Crippen LogP contribution >= 0.6 is 0 Å². The number of hydrogen-bond donors (Lipinski definition) is 1. The Morgan fingerprint density at radius 1 is 1.30 bits per heavy atom. The van der Waals surface area contributed by atoms with Gasteiger partial charge < -0.3 is 5.73 Å². The molecule has 0 aliphatic carbocycles. The van der Waals surface area contributed by atoms with E-state index in [1.165, 1.54) is 12.1 Å². The zero-order valence-corrected chi connectivity index (χ0v) is 13.2. The Morgan fingerprint density at radius 2 is 1.95 bits per heavy atom. The molecule has 1 atom stereocenters. The molecule has 0 radical (unpaired) electrons. The molecular weight excluding hydrogens is 277 g/mol. The van der Waals surface area contributed by atoms with Crippen molar-refractivity contribution in [1.29, 1.82) is 0 Å². The Morgan fingerprint density at radius 3 is 2.45 bits per heavy atom. The van der Waals surface area contributed by atoms with Crippen molar-refractivity contribution < 1.29 is 12.8 Å². The number of benzene rings is 1. The second-order valence-electron chi connectivity index (χ2n) is 6.16. The Balaban J connectivity index is 2.65. The summed E-state index contributed by atoms with van der Waals surface area (Å²) >= 11 is 0. The van der Waals surface area contributed by atoms with Gasteiger partial charge in [0, 0.05) is 0 Å². The molecule has 3 nitrogen and oxygen atoms in total. The normalized spacial score (nSPS) is 14.2. The molecule has 0 fully saturated rings. The highest BCUT2D eigenvalue weighted by Gasteiger charge is 2.29. The molecular formula is C15H24FNO2S. The smallest absolute Gasteiger partial charge is 0.155 e. The molecule has 1 unspecified atom stereocenters. The molecule has 0 aliphatic rings. The lowest BCUT2D eigenvalue weighted by atomic mass is 9.97. The molecule has 0 saturated carbocycles. The van der Waals surface area contributed by atoms with Gasteiger partial charge in [-0.2, -0.15) is 0 Å². The summed E-state index contributed by atoms with van der Waals surface area (Å²) in [5.41, 5.74) is 6.56. The maximum atomic E-state index is 13.1. The van der Waals surface area contributed by atoms with Gasteiger partial charge in [0.15, 0.2) is 9.84 Å². The van der Waals surface area contributed by atoms with E-state index in [2.05, 4.69) is 0 Å². The maximum Gasteiger partial charge on any atom is 0.155 e. The van der Waals surface area contributed by atoms with E-state index in [1.807, 2.05) is 6.07 Å². The van der Waals surface area contributed by atoms with E-state index in [1.54, 1.807) is 26.8 Å². The molecule has 0 aliphatic heterocycles. The molecule has 1 rings (SSSR count). The van der Waals surface area contributed by atoms with Crippen LogP contribution in [-0.4, -0.2) is 25.5 Å². The van der Waals surface area contributed by atoms with Gasteiger partial charge in [0.25, 0.3) is 0 Å². The van der Waals surface area contributed by atoms with Gasteiger partial charge in [0.2, 0.25) is 0 Å². The Labute approximate surface area is 121 Å². The standard InChI is InChI=1S/C15H24FNO2S/c1-15(2,3)20(18,19)8-7-13(11-17)9-12-5-4-6-14(16)10-12/h4-6,10,13H,7-9,11,17H2,1-3H3. The van der Waals surface area contributed by atoms with Gasteiger partial charge in [0.1, 0.15) is 5.82 Å². The molecule has 1 aromatic rings. The highest BCUT2D eigenvalue weighted by molar-refractivity contribution is 7.92. The fourth-order valence-electron chi connectivity index (χ4n) is 1.93. The van der Waals surface area contributed by atoms with Crippen molar-refractivity contribution in [3.05, 3.63) is 35.6 Å². The topological polar surface area (TPSA) is 60.2 Å². The van der Waals surface area contributed by atoms with E-state index in [9.17, 15) is 12.8 Å². The molecule has 20 heavy (non-hydrogen) atoms. The van der Waals surface area contributed by atoms with Crippen molar-refractivity contribution in [3.8, 4) is 0 Å². The van der Waals surface area contributed by atoms with Crippen LogP contribution in [0.15, 0.2) is 24.3 Å². The van der Waals surface area contributed by atoms with Gasteiger partial charge in [-0.1, -0.05) is 12.1 Å². The lowest BCUT2D eigenvalue weighted by Crippen LogP contribution is -2.32. The maximum absolute atomic E-state index is 13.1. The van der Waals surface area contributed by atoms with Crippen molar-refractivity contribution in [2.24, 2.45) is 11.7 Å². The third kappa shape index (κ3) is 4.87. The first-order valence-corrected chi connectivity index (χ1v) is 8.48. The van der Waals surface area contributed by atoms with Crippen molar-refractivity contribution >= 4 is 9.84 Å². The number of halogens is 1. The number of rotatable bonds is 6. The summed E-state index contributed by atoms with van der Waals surface area (Å²) in [7, 11) is -3.13. The quantitative estimate of drug-likeness (QED) is 0.878. The predicted molar refractivity (Wildman–Crippen MR) is 80.8 cm³/mol. The van der Waals surface area contributed by atoms with Gasteiger partial charge >= 0.3 is 0 Å². The van der Waals surface area contributed by atoms with Gasteiger partial charge in [0.05, 0.1) is 10.5 Å². The van der Waals surface area contributed by atoms with Crippen LogP contribution in [0.25, 0.3) is 0 Å². The fraction of sp³-hybridized carbons (Fsp3) is 0.600. The van der Waals surface area contributed by atoms with Crippen LogP contribution in [0.1, 0.15) is 32.8 Å². The van der Waals surface area contributed by atoms with Gasteiger partial charge in [-0.15, -0.1) is 0 Å². The third-order valence-electron chi connectivity index (χ3n) is 3.47. The van der Waals surface area contributed by atoms with E-state index in [0.717, 1.165) is 5.56 Å². The van der Waals surface area contributed by atoms with E-state index < -0.39 is 14.6 Å². The monoisotopic (exact) mass is 301 g/mol. The summed E-state index contributed by atoms with van der Waals surface area (Å²) in [4.78, 5) is 0. The van der Waals surface area contributed by atoms with Crippen LogP contribution in [0.2, 0.25) is 0 Å². The largest absolute Gasteiger partial charge is 0.330 e. The molecule has 0 spiro atoms. The molecule has 0 amide bonds. The highest BCUT2D eigenvalue weighted by atomic mass is 32.2. The Kier molecular flexibility index (Phi) is 5.71. The fourth-order valence-corrected chi connectivity index (χ4v) is 3.18. The summed E-state index contributed by atoms with van der Waals surface area (Å²) in [5.74, 6) is -0.109. The van der Waals surface area contributed by atoms with Crippen molar-refractivity contribution in [2.75, 3.05) is 12.3 Å². The molecule has 5 heteroatoms. The van der Waals surface area contributed by atoms with Crippen LogP contribution in [-0.2, 0) is 16.3 Å². The summed E-state index contributed by atoms with van der Waals surface area (Å²) in [6.45, 7) is 5.50. The molecule has 0 saturated heterocycles. The van der Waals surface area contributed by atoms with Crippen LogP contribution < -0.4 is 5.73 Å². The summed E-state index contributed by atoms with van der Waals surface area (Å²) in [5, 5.41) is 0. The van der Waals surface area contributed by atoms with E-state index >= 15 is 0 Å². The average molecular weight is 301 g/mol. The summed E-state index contributed by atoms with van der Waals surface area (Å²) < 4.78 is 36.5. The SMILES string of the molecule is CC(C)(C)S(=O)(=O)CCC(CN)Cc1cccc(F)c1. The first-order valence-electron chi connectivity index (χ1n) is 6.82. The Hall–Kier alpha value is -0.940. The van der Waals surface area contributed by atoms with E-state index in [0.29, 0.717) is 19.4 Å². The molecule has 0 bridgehead atoms. The number of hydrogen-bond acceptors (Lipinski definition) is 3. The van der Waals surface area contributed by atoms with E-state index in [4.69, 9.17) is 5.73 Å². The van der Waals surface area contributed by atoms with Crippen LogP contribution in [0, 0.1) is 11.7 Å². The average Bonchev–Trinajstić information content (AvgIpc) is 2.33. The zero-order chi connectivity index (χ0) is 15.4. The van der Waals surface area contributed by atoms with Crippen molar-refractivity contribution in [1.82, 2.24) is 0 Å². The van der Waals surface area contributed by atoms with E-state index in [-0.39, 0.29) is 17.5 Å². The zero-order valence-electron chi connectivity index (χ0n) is 12.4.